The summed E-state index contributed by atoms with van der Waals surface area (Å²) in [4.78, 5) is 17.4. The van der Waals surface area contributed by atoms with Crippen molar-refractivity contribution < 1.29 is 9.53 Å². The van der Waals surface area contributed by atoms with Crippen LogP contribution >= 0.6 is 0 Å². The number of esters is 1. The number of carbonyl (C=O) groups is 1. The van der Waals surface area contributed by atoms with Crippen LogP contribution in [0.3, 0.4) is 0 Å². The molecule has 182 valence electrons. The van der Waals surface area contributed by atoms with Gasteiger partial charge in [-0.3, -0.25) is 0 Å². The summed E-state index contributed by atoms with van der Waals surface area (Å²) < 4.78 is 8.89. The minimum absolute atomic E-state index is 0.353. The van der Waals surface area contributed by atoms with Gasteiger partial charge in [0.25, 0.3) is 0 Å². The topological polar surface area (TPSA) is 87.7 Å². The van der Waals surface area contributed by atoms with Gasteiger partial charge in [-0.2, -0.15) is 0 Å². The molecule has 3 aromatic carbocycles. The van der Waals surface area contributed by atoms with Crippen LogP contribution in [-0.4, -0.2) is 42.8 Å². The van der Waals surface area contributed by atoms with E-state index in [1.54, 1.807) is 10.7 Å². The van der Waals surface area contributed by atoms with Crippen molar-refractivity contribution in [2.75, 3.05) is 7.11 Å². The van der Waals surface area contributed by atoms with E-state index in [2.05, 4.69) is 57.3 Å². The average Bonchev–Trinajstić information content (AvgIpc) is 3.50. The molecule has 0 saturated carbocycles. The number of methoxy groups -OCH3 is 1. The van der Waals surface area contributed by atoms with Crippen molar-refractivity contribution in [2.45, 2.75) is 32.7 Å². The van der Waals surface area contributed by atoms with E-state index in [0.717, 1.165) is 64.2 Å². The first kappa shape index (κ1) is 23.4. The second-order valence-electron chi connectivity index (χ2n) is 8.75. The summed E-state index contributed by atoms with van der Waals surface area (Å²) >= 11 is 0. The molecule has 0 fully saturated rings. The van der Waals surface area contributed by atoms with Crippen molar-refractivity contribution in [3.8, 4) is 22.5 Å². The highest BCUT2D eigenvalue weighted by Gasteiger charge is 2.19. The lowest BCUT2D eigenvalue weighted by Crippen LogP contribution is -2.09. The molecule has 0 unspecified atom stereocenters. The van der Waals surface area contributed by atoms with Gasteiger partial charge < -0.3 is 9.30 Å². The Labute approximate surface area is 209 Å². The molecule has 0 N–H and O–H groups in total. The standard InChI is InChI=1S/C28H28N6O2/c1-4-5-13-25-29-24-12-8-11-23(28(35)36-3)26(24)34(25)18-19-14-16-20(17-15-19)21-9-6-7-10-22(21)27-30-31-32-33(27)2/h6-12,14-17H,4-5,13,18H2,1-3H3. The molecule has 0 atom stereocenters. The third-order valence-corrected chi connectivity index (χ3v) is 6.40. The first-order valence-corrected chi connectivity index (χ1v) is 12.1. The Bertz CT molecular complexity index is 1520. The Morgan fingerprint density at radius 3 is 2.44 bits per heavy atom. The van der Waals surface area contributed by atoms with Gasteiger partial charge in [-0.05, 0) is 45.7 Å². The Morgan fingerprint density at radius 1 is 0.972 bits per heavy atom. The zero-order valence-electron chi connectivity index (χ0n) is 20.7. The van der Waals surface area contributed by atoms with Crippen molar-refractivity contribution in [1.29, 1.82) is 0 Å². The fraction of sp³-hybridized carbons (Fsp3) is 0.250. The highest BCUT2D eigenvalue weighted by molar-refractivity contribution is 6.02. The predicted octanol–water partition coefficient (Wildman–Crippen LogP) is 5.07. The van der Waals surface area contributed by atoms with E-state index in [1.807, 2.05) is 37.4 Å². The highest BCUT2D eigenvalue weighted by atomic mass is 16.5. The van der Waals surface area contributed by atoms with Gasteiger partial charge in [0.15, 0.2) is 5.82 Å². The van der Waals surface area contributed by atoms with E-state index in [1.165, 1.54) is 7.11 Å². The summed E-state index contributed by atoms with van der Waals surface area (Å²) in [7, 11) is 3.25. The van der Waals surface area contributed by atoms with Gasteiger partial charge in [0.2, 0.25) is 0 Å². The van der Waals surface area contributed by atoms with Crippen LogP contribution in [0, 0.1) is 0 Å². The summed E-state index contributed by atoms with van der Waals surface area (Å²) in [6, 6.07) is 22.2. The van der Waals surface area contributed by atoms with E-state index in [4.69, 9.17) is 9.72 Å². The van der Waals surface area contributed by atoms with Crippen molar-refractivity contribution in [1.82, 2.24) is 29.8 Å². The first-order valence-electron chi connectivity index (χ1n) is 12.1. The van der Waals surface area contributed by atoms with Crippen LogP contribution in [0.15, 0.2) is 66.7 Å². The number of aromatic nitrogens is 6. The van der Waals surface area contributed by atoms with Crippen LogP contribution in [0.5, 0.6) is 0 Å². The molecule has 5 aromatic rings. The quantitative estimate of drug-likeness (QED) is 0.288. The molecule has 0 amide bonds. The van der Waals surface area contributed by atoms with E-state index >= 15 is 0 Å². The fourth-order valence-electron chi connectivity index (χ4n) is 4.56. The van der Waals surface area contributed by atoms with Gasteiger partial charge in [0.1, 0.15) is 5.82 Å². The molecule has 5 rings (SSSR count). The Kier molecular flexibility index (Phi) is 6.58. The zero-order valence-corrected chi connectivity index (χ0v) is 20.7. The summed E-state index contributed by atoms with van der Waals surface area (Å²) in [5.41, 5.74) is 6.40. The number of hydrogen-bond donors (Lipinski definition) is 0. The number of imidazole rings is 1. The maximum atomic E-state index is 12.5. The maximum Gasteiger partial charge on any atom is 0.340 e. The number of fused-ring (bicyclic) bond motifs is 1. The average molecular weight is 481 g/mol. The zero-order chi connectivity index (χ0) is 25.1. The summed E-state index contributed by atoms with van der Waals surface area (Å²) in [6.07, 6.45) is 2.95. The minimum atomic E-state index is -0.353. The lowest BCUT2D eigenvalue weighted by atomic mass is 9.98. The number of tetrazole rings is 1. The third-order valence-electron chi connectivity index (χ3n) is 6.40. The van der Waals surface area contributed by atoms with Crippen LogP contribution in [0.2, 0.25) is 0 Å². The molecule has 2 heterocycles. The van der Waals surface area contributed by atoms with E-state index in [9.17, 15) is 4.79 Å². The highest BCUT2D eigenvalue weighted by Crippen LogP contribution is 2.31. The molecular formula is C28H28N6O2. The van der Waals surface area contributed by atoms with Crippen LogP contribution in [0.4, 0.5) is 0 Å². The molecule has 8 nitrogen and oxygen atoms in total. The number of unbranched alkanes of at least 4 members (excludes halogenated alkanes) is 1. The smallest absolute Gasteiger partial charge is 0.340 e. The van der Waals surface area contributed by atoms with Crippen LogP contribution in [0.25, 0.3) is 33.5 Å². The molecule has 0 aliphatic heterocycles. The molecule has 0 saturated heterocycles. The van der Waals surface area contributed by atoms with Gasteiger partial charge in [-0.25, -0.2) is 14.5 Å². The van der Waals surface area contributed by atoms with Gasteiger partial charge >= 0.3 is 5.97 Å². The monoisotopic (exact) mass is 480 g/mol. The van der Waals surface area contributed by atoms with Gasteiger partial charge in [-0.1, -0.05) is 67.9 Å². The lowest BCUT2D eigenvalue weighted by Gasteiger charge is -2.13. The van der Waals surface area contributed by atoms with Gasteiger partial charge in [-0.15, -0.1) is 5.10 Å². The van der Waals surface area contributed by atoms with Crippen molar-refractivity contribution >= 4 is 17.0 Å². The molecule has 2 aromatic heterocycles. The number of nitrogens with zero attached hydrogens (tertiary/aromatic N) is 6. The Hall–Kier alpha value is -4.33. The Balaban J connectivity index is 1.52. The number of carbonyl (C=O) groups excluding carboxylic acids is 1. The molecule has 0 radical (unpaired) electrons. The molecule has 0 aliphatic carbocycles. The predicted molar refractivity (Wildman–Crippen MR) is 138 cm³/mol. The van der Waals surface area contributed by atoms with Gasteiger partial charge in [0.05, 0.1) is 23.7 Å². The second kappa shape index (κ2) is 10.1. The van der Waals surface area contributed by atoms with Crippen LogP contribution in [-0.2, 0) is 24.8 Å². The molecule has 36 heavy (non-hydrogen) atoms. The largest absolute Gasteiger partial charge is 0.465 e. The minimum Gasteiger partial charge on any atom is -0.465 e. The van der Waals surface area contributed by atoms with E-state index < -0.39 is 0 Å². The fourth-order valence-corrected chi connectivity index (χ4v) is 4.56. The lowest BCUT2D eigenvalue weighted by molar-refractivity contribution is 0.0602. The summed E-state index contributed by atoms with van der Waals surface area (Å²) in [6.45, 7) is 2.78. The SMILES string of the molecule is CCCCc1nc2cccc(C(=O)OC)c2n1Cc1ccc(-c2ccccc2-c2nnnn2C)cc1. The Morgan fingerprint density at radius 2 is 1.75 bits per heavy atom. The van der Waals surface area contributed by atoms with Gasteiger partial charge in [0, 0.05) is 25.6 Å². The molecule has 0 bridgehead atoms. The number of rotatable bonds is 8. The maximum absolute atomic E-state index is 12.5. The second-order valence-corrected chi connectivity index (χ2v) is 8.75. The van der Waals surface area contributed by atoms with Crippen molar-refractivity contribution in [3.63, 3.8) is 0 Å². The van der Waals surface area contributed by atoms with Crippen molar-refractivity contribution in [3.05, 3.63) is 83.7 Å². The summed E-state index contributed by atoms with van der Waals surface area (Å²) in [5, 5.41) is 12.0. The number of hydrogen-bond acceptors (Lipinski definition) is 6. The number of para-hydroxylation sites is 1. The number of benzene rings is 3. The molecule has 8 heteroatoms. The number of ether oxygens (including phenoxy) is 1. The van der Waals surface area contributed by atoms with E-state index in [-0.39, 0.29) is 5.97 Å². The molecule has 0 aliphatic rings. The summed E-state index contributed by atoms with van der Waals surface area (Å²) in [5.74, 6) is 1.34. The third kappa shape index (κ3) is 4.37. The first-order chi connectivity index (χ1) is 17.6. The molecule has 0 spiro atoms. The van der Waals surface area contributed by atoms with Crippen molar-refractivity contribution in [2.24, 2.45) is 7.05 Å². The van der Waals surface area contributed by atoms with Crippen LogP contribution in [0.1, 0.15) is 41.5 Å². The molecular weight excluding hydrogens is 452 g/mol. The van der Waals surface area contributed by atoms with Crippen LogP contribution < -0.4 is 0 Å². The number of aryl methyl sites for hydroxylation is 2. The van der Waals surface area contributed by atoms with E-state index in [0.29, 0.717) is 12.1 Å². The normalized spacial score (nSPS) is 11.2.